The number of benzene rings is 1. The SMILES string of the molecule is CCn1ncc(Nc2cc(N)ccc2Cl)c(Cl)c1=O. The molecule has 0 atom stereocenters. The molecule has 1 heterocycles. The summed E-state index contributed by atoms with van der Waals surface area (Å²) in [6, 6.07) is 5.00. The third-order valence-corrected chi connectivity index (χ3v) is 3.24. The molecule has 0 saturated heterocycles. The molecule has 2 aromatic rings. The van der Waals surface area contributed by atoms with Gasteiger partial charge >= 0.3 is 0 Å². The van der Waals surface area contributed by atoms with Gasteiger partial charge in [0.25, 0.3) is 5.56 Å². The molecule has 1 aromatic heterocycles. The van der Waals surface area contributed by atoms with Gasteiger partial charge < -0.3 is 11.1 Å². The van der Waals surface area contributed by atoms with E-state index in [2.05, 4.69) is 10.4 Å². The van der Waals surface area contributed by atoms with E-state index in [0.29, 0.717) is 28.6 Å². The minimum atomic E-state index is -0.353. The number of aryl methyl sites for hydroxylation is 1. The van der Waals surface area contributed by atoms with Crippen LogP contribution in [0.2, 0.25) is 10.0 Å². The fourth-order valence-electron chi connectivity index (χ4n) is 1.56. The molecule has 100 valence electrons. The molecule has 0 radical (unpaired) electrons. The molecule has 0 aliphatic heterocycles. The number of nitrogens with two attached hydrogens (primary N) is 1. The van der Waals surface area contributed by atoms with Crippen LogP contribution in [0.15, 0.2) is 29.2 Å². The van der Waals surface area contributed by atoms with Gasteiger partial charge in [-0.3, -0.25) is 4.79 Å². The van der Waals surface area contributed by atoms with Crippen LogP contribution in [0.3, 0.4) is 0 Å². The molecule has 0 unspecified atom stereocenters. The van der Waals surface area contributed by atoms with Crippen molar-refractivity contribution in [1.82, 2.24) is 9.78 Å². The molecule has 0 aliphatic rings. The fourth-order valence-corrected chi connectivity index (χ4v) is 1.92. The zero-order valence-corrected chi connectivity index (χ0v) is 11.7. The highest BCUT2D eigenvalue weighted by atomic mass is 35.5. The number of anilines is 3. The van der Waals surface area contributed by atoms with Crippen molar-refractivity contribution in [2.75, 3.05) is 11.1 Å². The predicted octanol–water partition coefficient (Wildman–Crippen LogP) is 2.90. The largest absolute Gasteiger partial charge is 0.399 e. The standard InChI is InChI=1S/C12H12Cl2N4O/c1-2-18-12(19)11(14)10(6-16-18)17-9-5-7(15)3-4-8(9)13/h3-6,17H,2,15H2,1H3. The second-order valence-electron chi connectivity index (χ2n) is 3.86. The van der Waals surface area contributed by atoms with Gasteiger partial charge in [0.1, 0.15) is 5.02 Å². The summed E-state index contributed by atoms with van der Waals surface area (Å²) in [4.78, 5) is 11.8. The number of nitrogens with zero attached hydrogens (tertiary/aromatic N) is 2. The Balaban J connectivity index is 2.42. The number of hydrogen-bond acceptors (Lipinski definition) is 4. The van der Waals surface area contributed by atoms with Gasteiger partial charge in [0.2, 0.25) is 0 Å². The van der Waals surface area contributed by atoms with E-state index in [-0.39, 0.29) is 10.6 Å². The molecule has 3 N–H and O–H groups in total. The van der Waals surface area contributed by atoms with Crippen LogP contribution >= 0.6 is 23.2 Å². The van der Waals surface area contributed by atoms with Crippen LogP contribution < -0.4 is 16.6 Å². The normalized spacial score (nSPS) is 10.5. The van der Waals surface area contributed by atoms with Crippen molar-refractivity contribution < 1.29 is 0 Å². The van der Waals surface area contributed by atoms with Crippen molar-refractivity contribution in [3.63, 3.8) is 0 Å². The summed E-state index contributed by atoms with van der Waals surface area (Å²) in [6.45, 7) is 2.27. The molecule has 5 nitrogen and oxygen atoms in total. The summed E-state index contributed by atoms with van der Waals surface area (Å²) in [7, 11) is 0. The quantitative estimate of drug-likeness (QED) is 0.855. The topological polar surface area (TPSA) is 72.9 Å². The summed E-state index contributed by atoms with van der Waals surface area (Å²) < 4.78 is 1.27. The molecule has 2 rings (SSSR count). The second-order valence-corrected chi connectivity index (χ2v) is 4.64. The highest BCUT2D eigenvalue weighted by Gasteiger charge is 2.10. The van der Waals surface area contributed by atoms with Crippen LogP contribution in [0.1, 0.15) is 6.92 Å². The Morgan fingerprint density at radius 3 is 2.79 bits per heavy atom. The minimum absolute atomic E-state index is 0.0651. The number of nitrogens with one attached hydrogen (secondary N) is 1. The summed E-state index contributed by atoms with van der Waals surface area (Å²) in [5.74, 6) is 0. The van der Waals surface area contributed by atoms with E-state index in [1.165, 1.54) is 10.9 Å². The average Bonchev–Trinajstić information content (AvgIpc) is 2.39. The summed E-state index contributed by atoms with van der Waals surface area (Å²) in [5, 5.41) is 7.48. The Morgan fingerprint density at radius 1 is 1.37 bits per heavy atom. The lowest BCUT2D eigenvalue weighted by molar-refractivity contribution is 0.616. The smallest absolute Gasteiger partial charge is 0.287 e. The average molecular weight is 299 g/mol. The summed E-state index contributed by atoms with van der Waals surface area (Å²) >= 11 is 12.0. The van der Waals surface area contributed by atoms with E-state index in [1.54, 1.807) is 18.2 Å². The van der Waals surface area contributed by atoms with Crippen molar-refractivity contribution in [3.8, 4) is 0 Å². The Labute approximate surface area is 119 Å². The zero-order valence-electron chi connectivity index (χ0n) is 10.2. The third kappa shape index (κ3) is 2.83. The molecule has 0 bridgehead atoms. The molecule has 0 amide bonds. The van der Waals surface area contributed by atoms with Crippen LogP contribution in [0, 0.1) is 0 Å². The van der Waals surface area contributed by atoms with Gasteiger partial charge in [-0.25, -0.2) is 4.68 Å². The molecule has 0 spiro atoms. The molecule has 0 aliphatic carbocycles. The van der Waals surface area contributed by atoms with E-state index < -0.39 is 0 Å². The fraction of sp³-hybridized carbons (Fsp3) is 0.167. The molecular formula is C12H12Cl2N4O. The van der Waals surface area contributed by atoms with Gasteiger partial charge in [0, 0.05) is 12.2 Å². The number of nitrogen functional groups attached to an aromatic ring is 1. The van der Waals surface area contributed by atoms with Crippen molar-refractivity contribution in [2.45, 2.75) is 13.5 Å². The van der Waals surface area contributed by atoms with Crippen LogP contribution in [0.25, 0.3) is 0 Å². The van der Waals surface area contributed by atoms with E-state index in [0.717, 1.165) is 0 Å². The Kier molecular flexibility index (Phi) is 3.97. The lowest BCUT2D eigenvalue weighted by Gasteiger charge is -2.11. The number of aromatic nitrogens is 2. The first-order valence-corrected chi connectivity index (χ1v) is 6.36. The Hall–Kier alpha value is -1.72. The van der Waals surface area contributed by atoms with Gasteiger partial charge in [0.05, 0.1) is 22.6 Å². The zero-order chi connectivity index (χ0) is 14.0. The molecule has 7 heteroatoms. The van der Waals surface area contributed by atoms with Gasteiger partial charge in [-0.2, -0.15) is 5.10 Å². The van der Waals surface area contributed by atoms with Gasteiger partial charge in [0.15, 0.2) is 0 Å². The highest BCUT2D eigenvalue weighted by molar-refractivity contribution is 6.34. The van der Waals surface area contributed by atoms with E-state index >= 15 is 0 Å². The molecule has 0 fully saturated rings. The van der Waals surface area contributed by atoms with Crippen LogP contribution in [-0.4, -0.2) is 9.78 Å². The van der Waals surface area contributed by atoms with Gasteiger partial charge in [-0.1, -0.05) is 23.2 Å². The van der Waals surface area contributed by atoms with E-state index in [4.69, 9.17) is 28.9 Å². The third-order valence-electron chi connectivity index (χ3n) is 2.54. The maximum absolute atomic E-state index is 11.8. The first kappa shape index (κ1) is 13.7. The van der Waals surface area contributed by atoms with E-state index in [1.807, 2.05) is 6.92 Å². The van der Waals surface area contributed by atoms with Crippen molar-refractivity contribution in [1.29, 1.82) is 0 Å². The van der Waals surface area contributed by atoms with Crippen molar-refractivity contribution in [2.24, 2.45) is 0 Å². The Bertz CT molecular complexity index is 669. The molecule has 1 aromatic carbocycles. The van der Waals surface area contributed by atoms with Gasteiger partial charge in [-0.05, 0) is 25.1 Å². The van der Waals surface area contributed by atoms with Crippen LogP contribution in [-0.2, 0) is 6.54 Å². The maximum Gasteiger partial charge on any atom is 0.287 e. The summed E-state index contributed by atoms with van der Waals surface area (Å²) in [6.07, 6.45) is 1.48. The highest BCUT2D eigenvalue weighted by Crippen LogP contribution is 2.29. The lowest BCUT2D eigenvalue weighted by atomic mass is 10.2. The molecule has 0 saturated carbocycles. The number of halogens is 2. The van der Waals surface area contributed by atoms with Crippen molar-refractivity contribution >= 4 is 40.3 Å². The molecular weight excluding hydrogens is 287 g/mol. The molecule has 19 heavy (non-hydrogen) atoms. The van der Waals surface area contributed by atoms with Crippen LogP contribution in [0.4, 0.5) is 17.1 Å². The summed E-state index contributed by atoms with van der Waals surface area (Å²) in [5.41, 5.74) is 6.84. The monoisotopic (exact) mass is 298 g/mol. The van der Waals surface area contributed by atoms with Crippen LogP contribution in [0.5, 0.6) is 0 Å². The number of hydrogen-bond donors (Lipinski definition) is 2. The second kappa shape index (κ2) is 5.50. The number of rotatable bonds is 3. The minimum Gasteiger partial charge on any atom is -0.399 e. The predicted molar refractivity (Wildman–Crippen MR) is 78.3 cm³/mol. The first-order chi connectivity index (χ1) is 9.02. The maximum atomic E-state index is 11.8. The first-order valence-electron chi connectivity index (χ1n) is 5.60. The Morgan fingerprint density at radius 2 is 2.11 bits per heavy atom. The lowest BCUT2D eigenvalue weighted by Crippen LogP contribution is -2.22. The van der Waals surface area contributed by atoms with Gasteiger partial charge in [-0.15, -0.1) is 0 Å². The van der Waals surface area contributed by atoms with Crippen molar-refractivity contribution in [3.05, 3.63) is 44.8 Å². The van der Waals surface area contributed by atoms with E-state index in [9.17, 15) is 4.79 Å².